The van der Waals surface area contributed by atoms with E-state index in [1.165, 1.54) is 0 Å². The van der Waals surface area contributed by atoms with E-state index in [0.29, 0.717) is 22.9 Å². The van der Waals surface area contributed by atoms with E-state index in [9.17, 15) is 0 Å². The van der Waals surface area contributed by atoms with Crippen LogP contribution in [0.4, 0.5) is 0 Å². The van der Waals surface area contributed by atoms with Gasteiger partial charge in [0, 0.05) is 17.1 Å². The summed E-state index contributed by atoms with van der Waals surface area (Å²) in [4.78, 5) is 0. The smallest absolute Gasteiger partial charge is 0.126 e. The van der Waals surface area contributed by atoms with Crippen LogP contribution in [0.2, 0.25) is 5.02 Å². The summed E-state index contributed by atoms with van der Waals surface area (Å²) in [6, 6.07) is 12.9. The van der Waals surface area contributed by atoms with Gasteiger partial charge >= 0.3 is 0 Å². The van der Waals surface area contributed by atoms with Gasteiger partial charge in [0.25, 0.3) is 0 Å². The molecule has 0 heterocycles. The Kier molecular flexibility index (Phi) is 4.06. The van der Waals surface area contributed by atoms with E-state index in [1.54, 1.807) is 31.4 Å². The average molecular weight is 273 g/mol. The third kappa shape index (κ3) is 2.70. The summed E-state index contributed by atoms with van der Waals surface area (Å²) in [6.07, 6.45) is 0. The fourth-order valence-electron chi connectivity index (χ4n) is 1.98. The summed E-state index contributed by atoms with van der Waals surface area (Å²) in [6.45, 7) is 0.371. The Balaban J connectivity index is 2.67. The van der Waals surface area contributed by atoms with Crippen molar-refractivity contribution in [3.05, 3.63) is 52.5 Å². The highest BCUT2D eigenvalue weighted by Gasteiger charge is 2.11. The molecule has 19 heavy (non-hydrogen) atoms. The lowest BCUT2D eigenvalue weighted by Gasteiger charge is -2.13. The van der Waals surface area contributed by atoms with Crippen LogP contribution in [0.1, 0.15) is 11.1 Å². The molecular weight excluding hydrogens is 260 g/mol. The number of ether oxygens (including phenoxy) is 1. The van der Waals surface area contributed by atoms with Crippen LogP contribution in [0.5, 0.6) is 5.75 Å². The lowest BCUT2D eigenvalue weighted by molar-refractivity contribution is 0.416. The number of hydrogen-bond acceptors (Lipinski definition) is 3. The zero-order chi connectivity index (χ0) is 13.8. The molecule has 0 unspecified atom stereocenters. The molecule has 3 nitrogen and oxygen atoms in total. The Labute approximate surface area is 117 Å². The van der Waals surface area contributed by atoms with Crippen molar-refractivity contribution in [1.29, 1.82) is 5.26 Å². The largest absolute Gasteiger partial charge is 0.496 e. The molecule has 0 radical (unpaired) electrons. The van der Waals surface area contributed by atoms with Crippen molar-refractivity contribution in [2.45, 2.75) is 6.54 Å². The van der Waals surface area contributed by atoms with Crippen molar-refractivity contribution >= 4 is 11.6 Å². The molecule has 4 heteroatoms. The summed E-state index contributed by atoms with van der Waals surface area (Å²) < 4.78 is 5.35. The number of benzene rings is 2. The van der Waals surface area contributed by atoms with Crippen molar-refractivity contribution in [3.63, 3.8) is 0 Å². The predicted octanol–water partition coefficient (Wildman–Crippen LogP) is 3.35. The number of nitrogens with two attached hydrogens (primary N) is 1. The summed E-state index contributed by atoms with van der Waals surface area (Å²) in [5.74, 6) is 0.705. The van der Waals surface area contributed by atoms with E-state index >= 15 is 0 Å². The number of nitrogens with zero attached hydrogens (tertiary/aromatic N) is 1. The second kappa shape index (κ2) is 5.75. The summed E-state index contributed by atoms with van der Waals surface area (Å²) >= 11 is 5.98. The lowest BCUT2D eigenvalue weighted by Crippen LogP contribution is -2.00. The third-order valence-corrected chi connectivity index (χ3v) is 3.14. The van der Waals surface area contributed by atoms with Gasteiger partial charge in [-0.25, -0.2) is 0 Å². The van der Waals surface area contributed by atoms with Crippen LogP contribution in [0.15, 0.2) is 36.4 Å². The second-order valence-corrected chi connectivity index (χ2v) is 4.47. The monoisotopic (exact) mass is 272 g/mol. The first-order valence-electron chi connectivity index (χ1n) is 5.76. The topological polar surface area (TPSA) is 59.0 Å². The van der Waals surface area contributed by atoms with Gasteiger partial charge in [-0.05, 0) is 41.5 Å². The molecular formula is C15H13ClN2O. The van der Waals surface area contributed by atoms with Crippen LogP contribution in [0, 0.1) is 11.3 Å². The van der Waals surface area contributed by atoms with E-state index < -0.39 is 0 Å². The number of methoxy groups -OCH3 is 1. The maximum atomic E-state index is 9.01. The Hall–Kier alpha value is -2.02. The Bertz CT molecular complexity index is 647. The molecule has 0 amide bonds. The number of nitriles is 1. The van der Waals surface area contributed by atoms with Gasteiger partial charge in [0.05, 0.1) is 18.7 Å². The molecule has 0 aliphatic carbocycles. The minimum Gasteiger partial charge on any atom is -0.496 e. The number of halogens is 1. The average Bonchev–Trinajstić information content (AvgIpc) is 2.46. The van der Waals surface area contributed by atoms with Crippen molar-refractivity contribution in [2.24, 2.45) is 5.73 Å². The van der Waals surface area contributed by atoms with Crippen LogP contribution in [0.25, 0.3) is 11.1 Å². The van der Waals surface area contributed by atoms with Crippen molar-refractivity contribution in [2.75, 3.05) is 7.11 Å². The van der Waals surface area contributed by atoms with Crippen LogP contribution in [-0.4, -0.2) is 7.11 Å². The highest BCUT2D eigenvalue weighted by atomic mass is 35.5. The molecule has 2 aromatic carbocycles. The van der Waals surface area contributed by atoms with Gasteiger partial charge in [0.1, 0.15) is 5.75 Å². The van der Waals surface area contributed by atoms with Gasteiger partial charge < -0.3 is 10.5 Å². The number of hydrogen-bond donors (Lipinski definition) is 1. The highest BCUT2D eigenvalue weighted by molar-refractivity contribution is 6.30. The van der Waals surface area contributed by atoms with Gasteiger partial charge in [0.2, 0.25) is 0 Å². The summed E-state index contributed by atoms with van der Waals surface area (Å²) in [5.41, 5.74) is 9.03. The van der Waals surface area contributed by atoms with E-state index in [2.05, 4.69) is 6.07 Å². The minimum absolute atomic E-state index is 0.371. The van der Waals surface area contributed by atoms with E-state index in [4.69, 9.17) is 27.3 Å². The summed E-state index contributed by atoms with van der Waals surface area (Å²) in [5, 5.41) is 9.65. The van der Waals surface area contributed by atoms with Gasteiger partial charge in [-0.1, -0.05) is 17.7 Å². The van der Waals surface area contributed by atoms with E-state index in [0.717, 1.165) is 16.7 Å². The Morgan fingerprint density at radius 1 is 1.21 bits per heavy atom. The van der Waals surface area contributed by atoms with Gasteiger partial charge in [-0.2, -0.15) is 5.26 Å². The molecule has 0 aliphatic rings. The molecule has 2 aromatic rings. The lowest BCUT2D eigenvalue weighted by atomic mass is 9.97. The van der Waals surface area contributed by atoms with Gasteiger partial charge in [-0.3, -0.25) is 0 Å². The second-order valence-electron chi connectivity index (χ2n) is 4.03. The first kappa shape index (κ1) is 13.4. The minimum atomic E-state index is 0.371. The first-order chi connectivity index (χ1) is 9.19. The molecule has 0 fully saturated rings. The molecule has 2 N–H and O–H groups in total. The molecule has 0 atom stereocenters. The molecule has 0 spiro atoms. The van der Waals surface area contributed by atoms with Crippen molar-refractivity contribution in [3.8, 4) is 22.9 Å². The molecule has 0 bridgehead atoms. The van der Waals surface area contributed by atoms with E-state index in [1.807, 2.05) is 12.1 Å². The molecule has 0 aromatic heterocycles. The molecule has 2 rings (SSSR count). The van der Waals surface area contributed by atoms with E-state index in [-0.39, 0.29) is 0 Å². The molecule has 96 valence electrons. The standard InChI is InChI=1S/C15H13ClN2O/c1-19-15-5-2-10(8-17)6-14(15)13-4-3-12(16)7-11(13)9-18/h2-7H,9,18H2,1H3. The first-order valence-corrected chi connectivity index (χ1v) is 6.14. The Morgan fingerprint density at radius 3 is 2.63 bits per heavy atom. The Morgan fingerprint density at radius 2 is 2.00 bits per heavy atom. The van der Waals surface area contributed by atoms with Crippen molar-refractivity contribution < 1.29 is 4.74 Å². The van der Waals surface area contributed by atoms with Crippen molar-refractivity contribution in [1.82, 2.24) is 0 Å². The maximum Gasteiger partial charge on any atom is 0.126 e. The quantitative estimate of drug-likeness (QED) is 0.932. The highest BCUT2D eigenvalue weighted by Crippen LogP contribution is 2.34. The fourth-order valence-corrected chi connectivity index (χ4v) is 2.18. The van der Waals surface area contributed by atoms with Gasteiger partial charge in [0.15, 0.2) is 0 Å². The fraction of sp³-hybridized carbons (Fsp3) is 0.133. The van der Waals surface area contributed by atoms with Crippen LogP contribution in [-0.2, 0) is 6.54 Å². The summed E-state index contributed by atoms with van der Waals surface area (Å²) in [7, 11) is 1.60. The maximum absolute atomic E-state index is 9.01. The van der Waals surface area contributed by atoms with Crippen LogP contribution in [0.3, 0.4) is 0 Å². The number of rotatable bonds is 3. The predicted molar refractivity (Wildman–Crippen MR) is 76.0 cm³/mol. The molecule has 0 aliphatic heterocycles. The molecule has 0 saturated carbocycles. The molecule has 0 saturated heterocycles. The van der Waals surface area contributed by atoms with Gasteiger partial charge in [-0.15, -0.1) is 0 Å². The van der Waals surface area contributed by atoms with Crippen LogP contribution < -0.4 is 10.5 Å². The van der Waals surface area contributed by atoms with Crippen LogP contribution >= 0.6 is 11.6 Å². The SMILES string of the molecule is COc1ccc(C#N)cc1-c1ccc(Cl)cc1CN. The zero-order valence-electron chi connectivity index (χ0n) is 10.5. The zero-order valence-corrected chi connectivity index (χ0v) is 11.2. The third-order valence-electron chi connectivity index (χ3n) is 2.91. The normalized spacial score (nSPS) is 10.0.